The van der Waals surface area contributed by atoms with Crippen molar-refractivity contribution >= 4 is 5.78 Å². The zero-order valence-corrected chi connectivity index (χ0v) is 10.7. The summed E-state index contributed by atoms with van der Waals surface area (Å²) in [5, 5.41) is 0. The van der Waals surface area contributed by atoms with Crippen LogP contribution < -0.4 is 0 Å². The van der Waals surface area contributed by atoms with E-state index in [0.717, 1.165) is 37.8 Å². The van der Waals surface area contributed by atoms with Crippen LogP contribution in [-0.4, -0.2) is 30.3 Å². The summed E-state index contributed by atoms with van der Waals surface area (Å²) in [7, 11) is 2.20. The molecule has 2 heteroatoms. The number of carbonyl (C=O) groups is 1. The minimum atomic E-state index is 0.337. The first-order valence-corrected chi connectivity index (χ1v) is 6.93. The van der Waals surface area contributed by atoms with Gasteiger partial charge in [0.15, 0.2) is 0 Å². The normalized spacial score (nSPS) is 31.8. The second kappa shape index (κ2) is 5.31. The molecule has 0 aromatic heterocycles. The van der Waals surface area contributed by atoms with Gasteiger partial charge in [0.05, 0.1) is 0 Å². The monoisotopic (exact) mass is 223 g/mol. The molecule has 0 aromatic rings. The lowest BCUT2D eigenvalue weighted by molar-refractivity contribution is -0.126. The van der Waals surface area contributed by atoms with Gasteiger partial charge in [0.2, 0.25) is 0 Å². The Morgan fingerprint density at radius 3 is 2.62 bits per heavy atom. The van der Waals surface area contributed by atoms with Crippen LogP contribution in [0.5, 0.6) is 0 Å². The predicted octanol–water partition coefficient (Wildman–Crippen LogP) is 2.87. The molecule has 2 fully saturated rings. The fourth-order valence-corrected chi connectivity index (χ4v) is 3.07. The predicted molar refractivity (Wildman–Crippen MR) is 66.4 cm³/mol. The molecular formula is C14H25NO. The van der Waals surface area contributed by atoms with Gasteiger partial charge in [-0.25, -0.2) is 0 Å². The van der Waals surface area contributed by atoms with Crippen molar-refractivity contribution in [2.24, 2.45) is 11.8 Å². The van der Waals surface area contributed by atoms with Crippen molar-refractivity contribution in [3.05, 3.63) is 0 Å². The van der Waals surface area contributed by atoms with E-state index in [0.29, 0.717) is 11.7 Å². The Hall–Kier alpha value is -0.370. The van der Waals surface area contributed by atoms with E-state index in [1.807, 2.05) is 0 Å². The molecule has 0 heterocycles. The summed E-state index contributed by atoms with van der Waals surface area (Å²) >= 11 is 0. The third-order valence-corrected chi connectivity index (χ3v) is 4.66. The molecule has 2 nitrogen and oxygen atoms in total. The number of hydrogen-bond donors (Lipinski definition) is 0. The molecule has 0 spiro atoms. The molecule has 0 aromatic carbocycles. The molecule has 2 aliphatic rings. The van der Waals surface area contributed by atoms with Gasteiger partial charge in [-0.2, -0.15) is 0 Å². The smallest absolute Gasteiger partial charge is 0.137 e. The van der Waals surface area contributed by atoms with Crippen LogP contribution in [0.4, 0.5) is 0 Å². The Kier molecular flexibility index (Phi) is 4.01. The maximum atomic E-state index is 11.9. The molecule has 2 atom stereocenters. The number of nitrogens with zero attached hydrogens (tertiary/aromatic N) is 1. The Labute approximate surface area is 99.4 Å². The summed E-state index contributed by atoms with van der Waals surface area (Å²) in [5.74, 6) is 1.66. The molecule has 92 valence electrons. The van der Waals surface area contributed by atoms with Gasteiger partial charge in [-0.3, -0.25) is 4.79 Å². The van der Waals surface area contributed by atoms with Crippen LogP contribution in [0.25, 0.3) is 0 Å². The number of carbonyl (C=O) groups excluding carboxylic acids is 1. The van der Waals surface area contributed by atoms with Crippen LogP contribution >= 0.6 is 0 Å². The number of rotatable bonds is 4. The quantitative estimate of drug-likeness (QED) is 0.730. The van der Waals surface area contributed by atoms with Crippen molar-refractivity contribution in [3.8, 4) is 0 Å². The fourth-order valence-electron chi connectivity index (χ4n) is 3.07. The lowest BCUT2D eigenvalue weighted by Gasteiger charge is -2.38. The van der Waals surface area contributed by atoms with E-state index in [4.69, 9.17) is 0 Å². The van der Waals surface area contributed by atoms with Crippen molar-refractivity contribution in [2.45, 2.75) is 57.9 Å². The van der Waals surface area contributed by atoms with Gasteiger partial charge in [-0.1, -0.05) is 19.8 Å². The molecule has 2 rings (SSSR count). The lowest BCUT2D eigenvalue weighted by atomic mass is 9.78. The second-order valence-electron chi connectivity index (χ2n) is 5.74. The van der Waals surface area contributed by atoms with E-state index in [1.165, 1.54) is 25.7 Å². The van der Waals surface area contributed by atoms with Crippen molar-refractivity contribution in [3.63, 3.8) is 0 Å². The zero-order valence-electron chi connectivity index (χ0n) is 10.7. The van der Waals surface area contributed by atoms with E-state index in [2.05, 4.69) is 18.9 Å². The van der Waals surface area contributed by atoms with Gasteiger partial charge in [0.25, 0.3) is 0 Å². The van der Waals surface area contributed by atoms with E-state index in [-0.39, 0.29) is 0 Å². The largest absolute Gasteiger partial charge is 0.303 e. The van der Waals surface area contributed by atoms with E-state index in [9.17, 15) is 4.79 Å². The molecule has 2 aliphatic carbocycles. The van der Waals surface area contributed by atoms with Crippen LogP contribution in [0.3, 0.4) is 0 Å². The summed E-state index contributed by atoms with van der Waals surface area (Å²) in [6.07, 6.45) is 8.43. The average Bonchev–Trinajstić information content (AvgIpc) is 2.18. The Morgan fingerprint density at radius 1 is 1.31 bits per heavy atom. The summed E-state index contributed by atoms with van der Waals surface area (Å²) in [5.41, 5.74) is 0. The van der Waals surface area contributed by atoms with Gasteiger partial charge >= 0.3 is 0 Å². The average molecular weight is 223 g/mol. The highest BCUT2D eigenvalue weighted by Gasteiger charge is 2.31. The molecule has 0 bridgehead atoms. The minimum absolute atomic E-state index is 0.337. The maximum absolute atomic E-state index is 11.9. The number of Topliss-reactive ketones (excluding diaryl/α,β-unsaturated/α-hetero) is 1. The van der Waals surface area contributed by atoms with E-state index >= 15 is 0 Å². The van der Waals surface area contributed by atoms with Crippen molar-refractivity contribution in [2.75, 3.05) is 13.6 Å². The van der Waals surface area contributed by atoms with Crippen molar-refractivity contribution < 1.29 is 4.79 Å². The van der Waals surface area contributed by atoms with Crippen LogP contribution in [0, 0.1) is 11.8 Å². The molecular weight excluding hydrogens is 198 g/mol. The molecule has 2 unspecified atom stereocenters. The number of hydrogen-bond acceptors (Lipinski definition) is 2. The first-order valence-electron chi connectivity index (χ1n) is 6.93. The molecule has 0 saturated heterocycles. The second-order valence-corrected chi connectivity index (χ2v) is 5.74. The maximum Gasteiger partial charge on any atom is 0.137 e. The van der Waals surface area contributed by atoms with Gasteiger partial charge in [0.1, 0.15) is 5.78 Å². The molecule has 2 saturated carbocycles. The number of ketones is 1. The minimum Gasteiger partial charge on any atom is -0.303 e. The Balaban J connectivity index is 1.83. The van der Waals surface area contributed by atoms with Crippen LogP contribution in [-0.2, 0) is 4.79 Å². The van der Waals surface area contributed by atoms with Gasteiger partial charge in [-0.15, -0.1) is 0 Å². The first-order chi connectivity index (χ1) is 7.70. The topological polar surface area (TPSA) is 20.3 Å². The van der Waals surface area contributed by atoms with Gasteiger partial charge in [0, 0.05) is 24.9 Å². The Morgan fingerprint density at radius 2 is 2.06 bits per heavy atom. The van der Waals surface area contributed by atoms with E-state index < -0.39 is 0 Å². The first kappa shape index (κ1) is 12.1. The Bertz CT molecular complexity index is 247. The SMILES string of the molecule is CCC1CCC(=O)C(CN(C)C2CCC2)C1. The third-order valence-electron chi connectivity index (χ3n) is 4.66. The standard InChI is InChI=1S/C14H25NO/c1-3-11-7-8-14(16)12(9-11)10-15(2)13-5-4-6-13/h11-13H,3-10H2,1-2H3. The summed E-state index contributed by atoms with van der Waals surface area (Å²) < 4.78 is 0. The summed E-state index contributed by atoms with van der Waals surface area (Å²) in [6, 6.07) is 0.773. The summed E-state index contributed by atoms with van der Waals surface area (Å²) in [6.45, 7) is 3.27. The molecule has 0 amide bonds. The molecule has 0 N–H and O–H groups in total. The highest BCUT2D eigenvalue weighted by atomic mass is 16.1. The van der Waals surface area contributed by atoms with Crippen molar-refractivity contribution in [1.29, 1.82) is 0 Å². The van der Waals surface area contributed by atoms with Gasteiger partial charge in [-0.05, 0) is 38.6 Å². The summed E-state index contributed by atoms with van der Waals surface area (Å²) in [4.78, 5) is 14.3. The zero-order chi connectivity index (χ0) is 11.5. The van der Waals surface area contributed by atoms with E-state index in [1.54, 1.807) is 0 Å². The fraction of sp³-hybridized carbons (Fsp3) is 0.929. The molecule has 16 heavy (non-hydrogen) atoms. The lowest BCUT2D eigenvalue weighted by Crippen LogP contribution is -2.42. The third kappa shape index (κ3) is 2.65. The highest BCUT2D eigenvalue weighted by Crippen LogP contribution is 2.31. The molecule has 0 radical (unpaired) electrons. The van der Waals surface area contributed by atoms with Crippen LogP contribution in [0.15, 0.2) is 0 Å². The van der Waals surface area contributed by atoms with Crippen molar-refractivity contribution in [1.82, 2.24) is 4.90 Å². The molecule has 0 aliphatic heterocycles. The van der Waals surface area contributed by atoms with Crippen LogP contribution in [0.2, 0.25) is 0 Å². The van der Waals surface area contributed by atoms with Crippen LogP contribution in [0.1, 0.15) is 51.9 Å². The van der Waals surface area contributed by atoms with Gasteiger partial charge < -0.3 is 4.90 Å². The highest BCUT2D eigenvalue weighted by molar-refractivity contribution is 5.81.